The van der Waals surface area contributed by atoms with Gasteiger partial charge in [0.2, 0.25) is 5.90 Å². The number of methoxy groups -OCH3 is 1. The zero-order valence-corrected chi connectivity index (χ0v) is 13.7. The van der Waals surface area contributed by atoms with E-state index in [9.17, 15) is 4.39 Å². The van der Waals surface area contributed by atoms with Crippen molar-refractivity contribution in [3.63, 3.8) is 0 Å². The highest BCUT2D eigenvalue weighted by Crippen LogP contribution is 2.34. The van der Waals surface area contributed by atoms with Crippen molar-refractivity contribution in [3.05, 3.63) is 64.4 Å². The van der Waals surface area contributed by atoms with Crippen molar-refractivity contribution in [2.75, 3.05) is 13.7 Å². The SMILES string of the molecule is COc1cccc(F)c1C1=NCC(C)C(c2ccc(Cl)cc2)O1. The van der Waals surface area contributed by atoms with Gasteiger partial charge in [-0.1, -0.05) is 36.7 Å². The maximum Gasteiger partial charge on any atom is 0.223 e. The molecule has 2 atom stereocenters. The first-order chi connectivity index (χ1) is 11.1. The molecule has 0 radical (unpaired) electrons. The lowest BCUT2D eigenvalue weighted by Crippen LogP contribution is -2.27. The van der Waals surface area contributed by atoms with Crippen molar-refractivity contribution < 1.29 is 13.9 Å². The van der Waals surface area contributed by atoms with Crippen LogP contribution in [0, 0.1) is 11.7 Å². The minimum Gasteiger partial charge on any atom is -0.496 e. The summed E-state index contributed by atoms with van der Waals surface area (Å²) in [6, 6.07) is 12.2. The number of hydrogen-bond donors (Lipinski definition) is 0. The number of ether oxygens (including phenoxy) is 2. The summed E-state index contributed by atoms with van der Waals surface area (Å²) in [5.74, 6) is 0.455. The van der Waals surface area contributed by atoms with Crippen LogP contribution in [0.25, 0.3) is 0 Å². The molecular formula is C18H17ClFNO2. The molecule has 1 aliphatic heterocycles. The molecule has 1 heterocycles. The molecule has 0 saturated carbocycles. The van der Waals surface area contributed by atoms with Crippen LogP contribution in [0.3, 0.4) is 0 Å². The van der Waals surface area contributed by atoms with E-state index in [4.69, 9.17) is 21.1 Å². The molecule has 0 fully saturated rings. The molecule has 0 spiro atoms. The lowest BCUT2D eigenvalue weighted by Gasteiger charge is -2.30. The summed E-state index contributed by atoms with van der Waals surface area (Å²) in [6.07, 6.45) is -0.205. The molecule has 2 aromatic rings. The predicted molar refractivity (Wildman–Crippen MR) is 88.8 cm³/mol. The molecule has 23 heavy (non-hydrogen) atoms. The first-order valence-electron chi connectivity index (χ1n) is 7.39. The smallest absolute Gasteiger partial charge is 0.223 e. The Labute approximate surface area is 139 Å². The predicted octanol–water partition coefficient (Wildman–Crippen LogP) is 4.64. The third-order valence-corrected chi connectivity index (χ3v) is 4.14. The fourth-order valence-corrected chi connectivity index (χ4v) is 2.79. The summed E-state index contributed by atoms with van der Waals surface area (Å²) >= 11 is 5.94. The lowest BCUT2D eigenvalue weighted by molar-refractivity contribution is 0.119. The quantitative estimate of drug-likeness (QED) is 0.819. The highest BCUT2D eigenvalue weighted by Gasteiger charge is 2.30. The molecule has 0 aromatic heterocycles. The van der Waals surface area contributed by atoms with E-state index in [1.54, 1.807) is 12.1 Å². The van der Waals surface area contributed by atoms with Crippen LogP contribution < -0.4 is 4.74 Å². The highest BCUT2D eigenvalue weighted by molar-refractivity contribution is 6.30. The van der Waals surface area contributed by atoms with E-state index < -0.39 is 5.82 Å². The van der Waals surface area contributed by atoms with Gasteiger partial charge in [-0.2, -0.15) is 0 Å². The van der Waals surface area contributed by atoms with Crippen molar-refractivity contribution in [3.8, 4) is 5.75 Å². The summed E-state index contributed by atoms with van der Waals surface area (Å²) < 4.78 is 25.5. The zero-order valence-electron chi connectivity index (χ0n) is 12.9. The van der Waals surface area contributed by atoms with Gasteiger partial charge in [0.1, 0.15) is 23.2 Å². The summed E-state index contributed by atoms with van der Waals surface area (Å²) in [6.45, 7) is 2.61. The molecule has 2 aromatic carbocycles. The van der Waals surface area contributed by atoms with Crippen molar-refractivity contribution in [1.29, 1.82) is 0 Å². The average molecular weight is 334 g/mol. The number of rotatable bonds is 3. The van der Waals surface area contributed by atoms with Crippen LogP contribution in [0.2, 0.25) is 5.02 Å². The second-order valence-corrected chi connectivity index (χ2v) is 5.97. The van der Waals surface area contributed by atoms with Gasteiger partial charge in [0.15, 0.2) is 0 Å². The Morgan fingerprint density at radius 1 is 1.22 bits per heavy atom. The maximum atomic E-state index is 14.2. The summed E-state index contributed by atoms with van der Waals surface area (Å²) in [5, 5.41) is 0.668. The number of hydrogen-bond acceptors (Lipinski definition) is 3. The first-order valence-corrected chi connectivity index (χ1v) is 7.77. The zero-order chi connectivity index (χ0) is 16.4. The van der Waals surface area contributed by atoms with Gasteiger partial charge in [0.25, 0.3) is 0 Å². The third-order valence-electron chi connectivity index (χ3n) is 3.89. The van der Waals surface area contributed by atoms with Gasteiger partial charge in [-0.25, -0.2) is 4.39 Å². The number of aliphatic imine (C=N–C) groups is 1. The van der Waals surface area contributed by atoms with E-state index in [-0.39, 0.29) is 23.5 Å². The molecule has 3 rings (SSSR count). The largest absolute Gasteiger partial charge is 0.496 e. The van der Waals surface area contributed by atoms with Gasteiger partial charge in [-0.05, 0) is 29.8 Å². The molecule has 0 bridgehead atoms. The Morgan fingerprint density at radius 3 is 2.65 bits per heavy atom. The molecule has 0 saturated heterocycles. The van der Waals surface area contributed by atoms with Gasteiger partial charge < -0.3 is 9.47 Å². The molecule has 120 valence electrons. The van der Waals surface area contributed by atoms with Gasteiger partial charge in [-0.15, -0.1) is 0 Å². The molecule has 1 aliphatic rings. The van der Waals surface area contributed by atoms with Crippen molar-refractivity contribution >= 4 is 17.5 Å². The van der Waals surface area contributed by atoms with Gasteiger partial charge >= 0.3 is 0 Å². The molecule has 3 nitrogen and oxygen atoms in total. The second-order valence-electron chi connectivity index (χ2n) is 5.53. The number of halogens is 2. The van der Waals surface area contributed by atoms with Gasteiger partial charge in [-0.3, -0.25) is 4.99 Å². The van der Waals surface area contributed by atoms with E-state index >= 15 is 0 Å². The fourth-order valence-electron chi connectivity index (χ4n) is 2.67. The fraction of sp³-hybridized carbons (Fsp3) is 0.278. The summed E-state index contributed by atoms with van der Waals surface area (Å²) in [4.78, 5) is 4.39. The van der Waals surface area contributed by atoms with E-state index in [1.807, 2.05) is 24.3 Å². The molecule has 0 amide bonds. The van der Waals surface area contributed by atoms with E-state index in [0.717, 1.165) is 5.56 Å². The topological polar surface area (TPSA) is 30.8 Å². The maximum absolute atomic E-state index is 14.2. The molecular weight excluding hydrogens is 317 g/mol. The van der Waals surface area contributed by atoms with Crippen LogP contribution >= 0.6 is 11.6 Å². The third kappa shape index (κ3) is 3.17. The number of benzene rings is 2. The average Bonchev–Trinajstić information content (AvgIpc) is 2.56. The minimum atomic E-state index is -0.410. The monoisotopic (exact) mass is 333 g/mol. The van der Waals surface area contributed by atoms with Crippen molar-refractivity contribution in [1.82, 2.24) is 0 Å². The van der Waals surface area contributed by atoms with Crippen LogP contribution in [0.5, 0.6) is 5.75 Å². The summed E-state index contributed by atoms with van der Waals surface area (Å²) in [5.41, 5.74) is 1.26. The molecule has 0 N–H and O–H groups in total. The van der Waals surface area contributed by atoms with Crippen LogP contribution in [-0.4, -0.2) is 19.6 Å². The standard InChI is InChI=1S/C18H17ClFNO2/c1-11-10-21-18(16-14(20)4-3-5-15(16)22-2)23-17(11)12-6-8-13(19)9-7-12/h3-9,11,17H,10H2,1-2H3. The van der Waals surface area contributed by atoms with Crippen LogP contribution in [0.1, 0.15) is 24.2 Å². The Balaban J connectivity index is 1.96. The molecule has 0 aliphatic carbocycles. The van der Waals surface area contributed by atoms with E-state index in [1.165, 1.54) is 13.2 Å². The Morgan fingerprint density at radius 2 is 1.96 bits per heavy atom. The minimum absolute atomic E-state index is 0.178. The van der Waals surface area contributed by atoms with Crippen LogP contribution in [0.15, 0.2) is 47.5 Å². The molecule has 2 unspecified atom stereocenters. The van der Waals surface area contributed by atoms with Gasteiger partial charge in [0, 0.05) is 17.5 Å². The summed E-state index contributed by atoms with van der Waals surface area (Å²) in [7, 11) is 1.50. The Bertz CT molecular complexity index is 730. The Kier molecular flexibility index (Phi) is 4.53. The van der Waals surface area contributed by atoms with Gasteiger partial charge in [0.05, 0.1) is 7.11 Å². The van der Waals surface area contributed by atoms with Crippen molar-refractivity contribution in [2.45, 2.75) is 13.0 Å². The second kappa shape index (κ2) is 6.59. The van der Waals surface area contributed by atoms with E-state index in [2.05, 4.69) is 11.9 Å². The molecule has 5 heteroatoms. The Hall–Kier alpha value is -2.07. The van der Waals surface area contributed by atoms with Crippen LogP contribution in [0.4, 0.5) is 4.39 Å². The number of nitrogens with zero attached hydrogens (tertiary/aromatic N) is 1. The highest BCUT2D eigenvalue weighted by atomic mass is 35.5. The van der Waals surface area contributed by atoms with Crippen LogP contribution in [-0.2, 0) is 4.74 Å². The van der Waals surface area contributed by atoms with Crippen molar-refractivity contribution in [2.24, 2.45) is 10.9 Å². The first kappa shape index (κ1) is 15.8. The lowest BCUT2D eigenvalue weighted by atomic mass is 9.96. The van der Waals surface area contributed by atoms with E-state index in [0.29, 0.717) is 17.3 Å². The normalized spacial score (nSPS) is 20.6.